The normalized spacial score (nSPS) is 22.6. The summed E-state index contributed by atoms with van der Waals surface area (Å²) in [6, 6.07) is 7.03. The molecular formula is C17H18ClN5O3. The number of nitrogens with zero attached hydrogens (tertiary/aromatic N) is 5. The van der Waals surface area contributed by atoms with Crippen molar-refractivity contribution in [3.63, 3.8) is 0 Å². The Kier molecular flexibility index (Phi) is 4.36. The molecule has 2 atom stereocenters. The molecule has 26 heavy (non-hydrogen) atoms. The monoisotopic (exact) mass is 375 g/mol. The number of aromatic nitrogens is 4. The van der Waals surface area contributed by atoms with E-state index in [9.17, 15) is 14.7 Å². The summed E-state index contributed by atoms with van der Waals surface area (Å²) in [5.74, 6) is -0.560. The van der Waals surface area contributed by atoms with E-state index in [0.717, 1.165) is 18.4 Å². The van der Waals surface area contributed by atoms with Gasteiger partial charge in [-0.05, 0) is 54.2 Å². The predicted octanol–water partition coefficient (Wildman–Crippen LogP) is 1.56. The van der Waals surface area contributed by atoms with Crippen LogP contribution in [0.1, 0.15) is 12.8 Å². The van der Waals surface area contributed by atoms with Crippen molar-refractivity contribution in [2.75, 3.05) is 13.1 Å². The van der Waals surface area contributed by atoms with E-state index >= 15 is 0 Å². The Bertz CT molecular complexity index is 833. The summed E-state index contributed by atoms with van der Waals surface area (Å²) in [5.41, 5.74) is 0.758. The summed E-state index contributed by atoms with van der Waals surface area (Å²) in [7, 11) is 0. The summed E-state index contributed by atoms with van der Waals surface area (Å²) in [6.45, 7) is 0.706. The van der Waals surface area contributed by atoms with Gasteiger partial charge in [0.25, 0.3) is 0 Å². The van der Waals surface area contributed by atoms with Crippen LogP contribution >= 0.6 is 11.6 Å². The van der Waals surface area contributed by atoms with Gasteiger partial charge in [-0.3, -0.25) is 9.59 Å². The summed E-state index contributed by atoms with van der Waals surface area (Å²) in [4.78, 5) is 26.9. The second-order valence-corrected chi connectivity index (χ2v) is 7.33. The van der Waals surface area contributed by atoms with E-state index in [1.165, 1.54) is 4.80 Å². The molecule has 0 spiro atoms. The molecule has 1 aromatic heterocycles. The largest absolute Gasteiger partial charge is 0.481 e. The van der Waals surface area contributed by atoms with Crippen LogP contribution in [0, 0.1) is 17.8 Å². The van der Waals surface area contributed by atoms with Crippen molar-refractivity contribution < 1.29 is 14.7 Å². The molecule has 2 heterocycles. The molecule has 2 aromatic rings. The van der Waals surface area contributed by atoms with Crippen LogP contribution in [0.15, 0.2) is 24.3 Å². The van der Waals surface area contributed by atoms with Crippen LogP contribution in [0.25, 0.3) is 11.4 Å². The summed E-state index contributed by atoms with van der Waals surface area (Å²) >= 11 is 5.86. The first-order valence-corrected chi connectivity index (χ1v) is 8.93. The highest BCUT2D eigenvalue weighted by Crippen LogP contribution is 2.44. The minimum absolute atomic E-state index is 0.0513. The van der Waals surface area contributed by atoms with Crippen molar-refractivity contribution in [3.05, 3.63) is 29.3 Å². The van der Waals surface area contributed by atoms with Crippen molar-refractivity contribution in [2.24, 2.45) is 17.8 Å². The molecular weight excluding hydrogens is 358 g/mol. The average molecular weight is 376 g/mol. The molecule has 136 valence electrons. The minimum atomic E-state index is -0.818. The van der Waals surface area contributed by atoms with Gasteiger partial charge < -0.3 is 10.0 Å². The van der Waals surface area contributed by atoms with Crippen molar-refractivity contribution in [1.29, 1.82) is 0 Å². The number of amides is 1. The van der Waals surface area contributed by atoms with E-state index in [2.05, 4.69) is 15.4 Å². The Morgan fingerprint density at radius 2 is 1.92 bits per heavy atom. The predicted molar refractivity (Wildman–Crippen MR) is 92.2 cm³/mol. The van der Waals surface area contributed by atoms with Gasteiger partial charge >= 0.3 is 5.97 Å². The summed E-state index contributed by atoms with van der Waals surface area (Å²) < 4.78 is 0. The number of likely N-dealkylation sites (tertiary alicyclic amines) is 1. The topological polar surface area (TPSA) is 101 Å². The molecule has 1 aromatic carbocycles. The number of tetrazole rings is 1. The molecule has 1 N–H and O–H groups in total. The van der Waals surface area contributed by atoms with Crippen molar-refractivity contribution in [1.82, 2.24) is 25.1 Å². The Morgan fingerprint density at radius 3 is 2.58 bits per heavy atom. The number of rotatable bonds is 5. The summed E-state index contributed by atoms with van der Waals surface area (Å²) in [6.07, 6.45) is 2.12. The first-order valence-electron chi connectivity index (χ1n) is 8.55. The van der Waals surface area contributed by atoms with E-state index in [1.807, 2.05) is 0 Å². The van der Waals surface area contributed by atoms with Crippen molar-refractivity contribution >= 4 is 23.5 Å². The van der Waals surface area contributed by atoms with Crippen LogP contribution in [0.2, 0.25) is 5.02 Å². The Morgan fingerprint density at radius 1 is 1.19 bits per heavy atom. The first kappa shape index (κ1) is 17.0. The minimum Gasteiger partial charge on any atom is -0.481 e. The first-order chi connectivity index (χ1) is 12.5. The number of hydrogen-bond acceptors (Lipinski definition) is 5. The standard InChI is InChI=1S/C17H18ClN5O3/c18-12-5-3-11(4-6-12)16-19-21-23(20-16)9-15(24)22-7-13(10-1-2-10)14(8-22)17(25)26/h3-6,10,13-14H,1-2,7-9H2,(H,25,26)/t13-,14+/m1/s1. The molecule has 0 bridgehead atoms. The van der Waals surface area contributed by atoms with E-state index < -0.39 is 11.9 Å². The van der Waals surface area contributed by atoms with Crippen molar-refractivity contribution in [3.8, 4) is 11.4 Å². The third-order valence-electron chi connectivity index (χ3n) is 5.09. The molecule has 1 saturated carbocycles. The third kappa shape index (κ3) is 3.41. The smallest absolute Gasteiger partial charge is 0.308 e. The number of hydrogen-bond donors (Lipinski definition) is 1. The van der Waals surface area contributed by atoms with Gasteiger partial charge in [0, 0.05) is 23.7 Å². The maximum absolute atomic E-state index is 12.5. The van der Waals surface area contributed by atoms with Gasteiger partial charge in [-0.2, -0.15) is 4.80 Å². The van der Waals surface area contributed by atoms with E-state index in [4.69, 9.17) is 11.6 Å². The van der Waals surface area contributed by atoms with E-state index in [1.54, 1.807) is 29.2 Å². The van der Waals surface area contributed by atoms with Gasteiger partial charge in [0.1, 0.15) is 6.54 Å². The van der Waals surface area contributed by atoms with Crippen LogP contribution in [-0.4, -0.2) is 55.2 Å². The van der Waals surface area contributed by atoms with Crippen LogP contribution < -0.4 is 0 Å². The number of carbonyl (C=O) groups is 2. The second kappa shape index (κ2) is 6.68. The number of aliphatic carboxylic acids is 1. The van der Waals surface area contributed by atoms with Crippen LogP contribution in [0.3, 0.4) is 0 Å². The number of halogens is 1. The fraction of sp³-hybridized carbons (Fsp3) is 0.471. The maximum Gasteiger partial charge on any atom is 0.308 e. The van der Waals surface area contributed by atoms with Crippen LogP contribution in [0.4, 0.5) is 0 Å². The Hall–Kier alpha value is -2.48. The lowest BCUT2D eigenvalue weighted by Gasteiger charge is -2.15. The zero-order chi connectivity index (χ0) is 18.3. The number of carboxylic acids is 1. The van der Waals surface area contributed by atoms with Gasteiger partial charge in [-0.15, -0.1) is 10.2 Å². The molecule has 0 unspecified atom stereocenters. The molecule has 1 amide bonds. The molecule has 2 aliphatic rings. The van der Waals surface area contributed by atoms with Gasteiger partial charge in [-0.1, -0.05) is 11.6 Å². The highest BCUT2D eigenvalue weighted by molar-refractivity contribution is 6.30. The molecule has 1 aliphatic heterocycles. The van der Waals surface area contributed by atoms with Crippen LogP contribution in [-0.2, 0) is 16.1 Å². The van der Waals surface area contributed by atoms with E-state index in [-0.39, 0.29) is 24.9 Å². The fourth-order valence-electron chi connectivity index (χ4n) is 3.54. The number of carbonyl (C=O) groups excluding carboxylic acids is 1. The van der Waals surface area contributed by atoms with Gasteiger partial charge in [0.2, 0.25) is 11.7 Å². The molecule has 1 aliphatic carbocycles. The SMILES string of the molecule is O=C(O)[C@H]1CN(C(=O)Cn2nnc(-c3ccc(Cl)cc3)n2)C[C@@H]1C1CC1. The molecule has 8 nitrogen and oxygen atoms in total. The zero-order valence-corrected chi connectivity index (χ0v) is 14.7. The molecule has 4 rings (SSSR count). The molecule has 0 radical (unpaired) electrons. The second-order valence-electron chi connectivity index (χ2n) is 6.90. The lowest BCUT2D eigenvalue weighted by molar-refractivity contribution is -0.142. The highest BCUT2D eigenvalue weighted by Gasteiger charge is 2.46. The quantitative estimate of drug-likeness (QED) is 0.851. The highest BCUT2D eigenvalue weighted by atomic mass is 35.5. The fourth-order valence-corrected chi connectivity index (χ4v) is 3.67. The Labute approximate surface area is 154 Å². The number of benzene rings is 1. The average Bonchev–Trinajstić information content (AvgIpc) is 3.18. The third-order valence-corrected chi connectivity index (χ3v) is 5.35. The summed E-state index contributed by atoms with van der Waals surface area (Å²) in [5, 5.41) is 22.1. The molecule has 9 heteroatoms. The van der Waals surface area contributed by atoms with Gasteiger partial charge in [-0.25, -0.2) is 0 Å². The van der Waals surface area contributed by atoms with Crippen molar-refractivity contribution in [2.45, 2.75) is 19.4 Å². The lowest BCUT2D eigenvalue weighted by Crippen LogP contribution is -2.33. The molecule has 2 fully saturated rings. The maximum atomic E-state index is 12.5. The van der Waals surface area contributed by atoms with Gasteiger partial charge in [0.05, 0.1) is 5.92 Å². The molecule has 1 saturated heterocycles. The Balaban J connectivity index is 1.42. The van der Waals surface area contributed by atoms with E-state index in [0.29, 0.717) is 23.3 Å². The lowest BCUT2D eigenvalue weighted by atomic mass is 9.92. The zero-order valence-electron chi connectivity index (χ0n) is 14.0. The van der Waals surface area contributed by atoms with Gasteiger partial charge in [0.15, 0.2) is 0 Å². The van der Waals surface area contributed by atoms with Crippen LogP contribution in [0.5, 0.6) is 0 Å². The number of carboxylic acid groups (broad SMARTS) is 1.